The first-order valence-electron chi connectivity index (χ1n) is 7.07. The lowest BCUT2D eigenvalue weighted by atomic mass is 9.87. The normalized spacial score (nSPS) is 12.4. The van der Waals surface area contributed by atoms with E-state index in [0.717, 1.165) is 12.8 Å². The summed E-state index contributed by atoms with van der Waals surface area (Å²) in [6.07, 6.45) is 5.73. The lowest BCUT2D eigenvalue weighted by Gasteiger charge is -2.24. The van der Waals surface area contributed by atoms with Crippen LogP contribution in [0.25, 0.3) is 0 Å². The van der Waals surface area contributed by atoms with Gasteiger partial charge in [0.15, 0.2) is 0 Å². The van der Waals surface area contributed by atoms with Crippen molar-refractivity contribution in [3.8, 4) is 0 Å². The highest BCUT2D eigenvalue weighted by Crippen LogP contribution is 2.23. The molecule has 0 spiro atoms. The minimum absolute atomic E-state index is 0.0127. The summed E-state index contributed by atoms with van der Waals surface area (Å²) < 4.78 is 22.3. The number of hydrogen-bond donors (Lipinski definition) is 2. The number of H-pyrrole nitrogens is 1. The predicted molar refractivity (Wildman–Crippen MR) is 84.1 cm³/mol. The summed E-state index contributed by atoms with van der Waals surface area (Å²) in [5, 5.41) is 2.82. The number of rotatable bonds is 8. The maximum Gasteiger partial charge on any atom is 0.267 e. The van der Waals surface area contributed by atoms with Gasteiger partial charge in [-0.25, -0.2) is 8.42 Å². The van der Waals surface area contributed by atoms with E-state index in [2.05, 4.69) is 31.1 Å². The Bertz CT molecular complexity index is 579. The van der Waals surface area contributed by atoms with Gasteiger partial charge in [-0.2, -0.15) is 0 Å². The van der Waals surface area contributed by atoms with Gasteiger partial charge in [-0.15, -0.1) is 0 Å². The standard InChI is InChI=1S/C14H23ClN2O3S/c1-4-5-6-7-14(2,3)10-17-13(18)12-8-11(9-16-12)21(15,19)20/h8-9,16H,4-7,10H2,1-3H3,(H,17,18). The summed E-state index contributed by atoms with van der Waals surface area (Å²) in [5.41, 5.74) is 0.206. The number of unbranched alkanes of at least 4 members (excludes halogenated alkanes) is 2. The van der Waals surface area contributed by atoms with Crippen LogP contribution in [0.1, 0.15) is 56.9 Å². The highest BCUT2D eigenvalue weighted by molar-refractivity contribution is 8.13. The van der Waals surface area contributed by atoms with Gasteiger partial charge in [0.25, 0.3) is 15.0 Å². The van der Waals surface area contributed by atoms with Crippen molar-refractivity contribution >= 4 is 25.6 Å². The average molecular weight is 335 g/mol. The van der Waals surface area contributed by atoms with Crippen LogP contribution in [0.5, 0.6) is 0 Å². The van der Waals surface area contributed by atoms with E-state index in [1.54, 1.807) is 0 Å². The predicted octanol–water partition coefficient (Wildman–Crippen LogP) is 3.28. The highest BCUT2D eigenvalue weighted by Gasteiger charge is 2.20. The smallest absolute Gasteiger partial charge is 0.267 e. The molecule has 0 aliphatic carbocycles. The lowest BCUT2D eigenvalue weighted by molar-refractivity contribution is 0.0929. The van der Waals surface area contributed by atoms with Crippen LogP contribution in [0, 0.1) is 5.41 Å². The van der Waals surface area contributed by atoms with Crippen molar-refractivity contribution in [3.05, 3.63) is 18.0 Å². The number of amides is 1. The number of nitrogens with one attached hydrogen (secondary N) is 2. The van der Waals surface area contributed by atoms with Gasteiger partial charge in [0.2, 0.25) is 0 Å². The quantitative estimate of drug-likeness (QED) is 0.565. The fourth-order valence-corrected chi connectivity index (χ4v) is 2.73. The van der Waals surface area contributed by atoms with Crippen molar-refractivity contribution in [2.75, 3.05) is 6.54 Å². The zero-order chi connectivity index (χ0) is 16.1. The molecule has 0 aromatic carbocycles. The van der Waals surface area contributed by atoms with Crippen molar-refractivity contribution in [2.24, 2.45) is 5.41 Å². The molecule has 1 rings (SSSR count). The van der Waals surface area contributed by atoms with Crippen LogP contribution in [0.2, 0.25) is 0 Å². The van der Waals surface area contributed by atoms with Crippen molar-refractivity contribution in [1.82, 2.24) is 10.3 Å². The van der Waals surface area contributed by atoms with Gasteiger partial charge in [-0.3, -0.25) is 4.79 Å². The largest absolute Gasteiger partial charge is 0.356 e. The monoisotopic (exact) mass is 334 g/mol. The van der Waals surface area contributed by atoms with Crippen LogP contribution in [-0.4, -0.2) is 25.9 Å². The molecule has 1 amide bonds. The summed E-state index contributed by atoms with van der Waals surface area (Å²) >= 11 is 0. The number of halogens is 1. The van der Waals surface area contributed by atoms with E-state index in [1.165, 1.54) is 25.1 Å². The fraction of sp³-hybridized carbons (Fsp3) is 0.643. The molecular formula is C14H23ClN2O3S. The number of aromatic amines is 1. The zero-order valence-electron chi connectivity index (χ0n) is 12.7. The zero-order valence-corrected chi connectivity index (χ0v) is 14.3. The Labute approximate surface area is 130 Å². The topological polar surface area (TPSA) is 79.0 Å². The molecule has 2 N–H and O–H groups in total. The number of carbonyl (C=O) groups is 1. The summed E-state index contributed by atoms with van der Waals surface area (Å²) in [6.45, 7) is 6.90. The number of aromatic nitrogens is 1. The van der Waals surface area contributed by atoms with Crippen molar-refractivity contribution in [2.45, 2.75) is 51.3 Å². The van der Waals surface area contributed by atoms with E-state index in [9.17, 15) is 13.2 Å². The second kappa shape index (κ2) is 7.31. The second-order valence-electron chi connectivity index (χ2n) is 5.99. The first-order chi connectivity index (χ1) is 9.65. The van der Waals surface area contributed by atoms with Gasteiger partial charge in [0, 0.05) is 23.4 Å². The Kier molecular flexibility index (Phi) is 6.28. The fourth-order valence-electron chi connectivity index (χ4n) is 2.00. The molecule has 0 saturated heterocycles. The molecular weight excluding hydrogens is 312 g/mol. The molecule has 0 atom stereocenters. The third kappa shape index (κ3) is 6.09. The molecule has 21 heavy (non-hydrogen) atoms. The van der Waals surface area contributed by atoms with Crippen molar-refractivity contribution in [1.29, 1.82) is 0 Å². The van der Waals surface area contributed by atoms with Crippen LogP contribution in [-0.2, 0) is 9.05 Å². The molecule has 5 nitrogen and oxygen atoms in total. The molecule has 1 aromatic rings. The third-order valence-corrected chi connectivity index (χ3v) is 4.70. The molecule has 1 heterocycles. The molecule has 1 aromatic heterocycles. The minimum Gasteiger partial charge on any atom is -0.356 e. The van der Waals surface area contributed by atoms with Gasteiger partial charge in [0.1, 0.15) is 10.6 Å². The van der Waals surface area contributed by atoms with Crippen LogP contribution in [0.3, 0.4) is 0 Å². The lowest BCUT2D eigenvalue weighted by Crippen LogP contribution is -2.34. The van der Waals surface area contributed by atoms with Crippen LogP contribution >= 0.6 is 10.7 Å². The van der Waals surface area contributed by atoms with Gasteiger partial charge >= 0.3 is 0 Å². The summed E-state index contributed by atoms with van der Waals surface area (Å²) in [7, 11) is 1.40. The van der Waals surface area contributed by atoms with E-state index in [1.807, 2.05) is 0 Å². The Balaban J connectivity index is 2.55. The van der Waals surface area contributed by atoms with Gasteiger partial charge < -0.3 is 10.3 Å². The molecule has 0 aliphatic rings. The van der Waals surface area contributed by atoms with Crippen molar-refractivity contribution < 1.29 is 13.2 Å². The van der Waals surface area contributed by atoms with E-state index in [-0.39, 0.29) is 21.9 Å². The van der Waals surface area contributed by atoms with Gasteiger partial charge in [-0.05, 0) is 17.9 Å². The average Bonchev–Trinajstić information content (AvgIpc) is 2.85. The van der Waals surface area contributed by atoms with Gasteiger partial charge in [-0.1, -0.05) is 40.0 Å². The summed E-state index contributed by atoms with van der Waals surface area (Å²) in [5.74, 6) is -0.329. The first-order valence-corrected chi connectivity index (χ1v) is 9.38. The number of carbonyl (C=O) groups excluding carboxylic acids is 1. The van der Waals surface area contributed by atoms with E-state index < -0.39 is 9.05 Å². The van der Waals surface area contributed by atoms with Crippen LogP contribution < -0.4 is 5.32 Å². The summed E-state index contributed by atoms with van der Waals surface area (Å²) in [4.78, 5) is 14.5. The van der Waals surface area contributed by atoms with Crippen molar-refractivity contribution in [3.63, 3.8) is 0 Å². The molecule has 120 valence electrons. The third-order valence-electron chi connectivity index (χ3n) is 3.37. The highest BCUT2D eigenvalue weighted by atomic mass is 35.7. The summed E-state index contributed by atoms with van der Waals surface area (Å²) in [6, 6.07) is 1.24. The maximum atomic E-state index is 12.0. The molecule has 0 saturated carbocycles. The maximum absolute atomic E-state index is 12.0. The van der Waals surface area contributed by atoms with E-state index in [4.69, 9.17) is 10.7 Å². The second-order valence-corrected chi connectivity index (χ2v) is 8.56. The molecule has 0 aliphatic heterocycles. The van der Waals surface area contributed by atoms with Crippen LogP contribution in [0.15, 0.2) is 17.2 Å². The minimum atomic E-state index is -3.81. The SMILES string of the molecule is CCCCCC(C)(C)CNC(=O)c1cc(S(=O)(=O)Cl)c[nH]1. The molecule has 0 bridgehead atoms. The van der Waals surface area contributed by atoms with Gasteiger partial charge in [0.05, 0.1) is 0 Å². The molecule has 0 unspecified atom stereocenters. The molecule has 0 radical (unpaired) electrons. The Morgan fingerprint density at radius 2 is 2.05 bits per heavy atom. The van der Waals surface area contributed by atoms with E-state index in [0.29, 0.717) is 6.54 Å². The molecule has 7 heteroatoms. The Morgan fingerprint density at radius 3 is 2.57 bits per heavy atom. The number of hydrogen-bond acceptors (Lipinski definition) is 3. The first kappa shape index (κ1) is 18.0. The van der Waals surface area contributed by atoms with Crippen LogP contribution in [0.4, 0.5) is 0 Å². The molecule has 0 fully saturated rings. The Morgan fingerprint density at radius 1 is 1.38 bits per heavy atom. The Hall–Kier alpha value is -1.01. The van der Waals surface area contributed by atoms with E-state index >= 15 is 0 Å².